The lowest BCUT2D eigenvalue weighted by Crippen LogP contribution is -2.39. The molecule has 2 rings (SSSR count). The molecule has 1 aromatic rings. The van der Waals surface area contributed by atoms with Crippen molar-refractivity contribution in [2.24, 2.45) is 0 Å². The van der Waals surface area contributed by atoms with Gasteiger partial charge in [-0.2, -0.15) is 0 Å². The van der Waals surface area contributed by atoms with E-state index in [4.69, 9.17) is 19.9 Å². The quantitative estimate of drug-likeness (QED) is 0.715. The van der Waals surface area contributed by atoms with E-state index < -0.39 is 0 Å². The normalized spacial score (nSPS) is 16.1. The van der Waals surface area contributed by atoms with Crippen LogP contribution < -0.4 is 10.5 Å². The molecular formula is C17H27N3O4. The third kappa shape index (κ3) is 5.65. The van der Waals surface area contributed by atoms with Gasteiger partial charge >= 0.3 is 5.97 Å². The smallest absolute Gasteiger partial charge is 0.311 e. The van der Waals surface area contributed by atoms with Crippen LogP contribution in [0.5, 0.6) is 5.88 Å². The van der Waals surface area contributed by atoms with Crippen LogP contribution in [0, 0.1) is 0 Å². The summed E-state index contributed by atoms with van der Waals surface area (Å²) in [5, 5.41) is 0. The summed E-state index contributed by atoms with van der Waals surface area (Å²) in [5.74, 6) is 0.180. The number of carbonyl (C=O) groups is 1. The largest absolute Gasteiger partial charge is 0.474 e. The SMILES string of the molecule is CCOC(=O)Cc1nc(OC2CCN(CCOC)CC2)ccc1N. The van der Waals surface area contributed by atoms with Crippen molar-refractivity contribution in [3.63, 3.8) is 0 Å². The average molecular weight is 337 g/mol. The molecule has 1 saturated heterocycles. The van der Waals surface area contributed by atoms with E-state index in [0.29, 0.717) is 23.9 Å². The molecule has 1 aliphatic rings. The van der Waals surface area contributed by atoms with E-state index in [9.17, 15) is 4.79 Å². The number of nitrogen functional groups attached to an aromatic ring is 1. The highest BCUT2D eigenvalue weighted by molar-refractivity contribution is 5.74. The summed E-state index contributed by atoms with van der Waals surface area (Å²) in [6, 6.07) is 3.48. The standard InChI is InChI=1S/C17H27N3O4/c1-3-23-17(21)12-15-14(18)4-5-16(19-15)24-13-6-8-20(9-7-13)10-11-22-2/h4-5,13H,3,6-12,18H2,1-2H3. The van der Waals surface area contributed by atoms with Gasteiger partial charge in [-0.3, -0.25) is 4.79 Å². The van der Waals surface area contributed by atoms with E-state index in [0.717, 1.165) is 39.1 Å². The Labute approximate surface area is 143 Å². The third-order valence-electron chi connectivity index (χ3n) is 4.03. The van der Waals surface area contributed by atoms with Crippen molar-refractivity contribution in [2.75, 3.05) is 45.7 Å². The second-order valence-electron chi connectivity index (χ2n) is 5.82. The molecule has 0 spiro atoms. The minimum absolute atomic E-state index is 0.0618. The molecule has 0 radical (unpaired) electrons. The van der Waals surface area contributed by atoms with Crippen LogP contribution in [-0.2, 0) is 20.7 Å². The molecule has 2 N–H and O–H groups in total. The molecule has 1 aromatic heterocycles. The molecule has 2 heterocycles. The second-order valence-corrected chi connectivity index (χ2v) is 5.82. The molecule has 0 atom stereocenters. The van der Waals surface area contributed by atoms with Crippen LogP contribution in [0.1, 0.15) is 25.5 Å². The first-order valence-corrected chi connectivity index (χ1v) is 8.41. The Hall–Kier alpha value is -1.86. The molecule has 0 amide bonds. The monoisotopic (exact) mass is 337 g/mol. The number of hydrogen-bond donors (Lipinski definition) is 1. The van der Waals surface area contributed by atoms with E-state index in [1.807, 2.05) is 0 Å². The number of anilines is 1. The van der Waals surface area contributed by atoms with Crippen LogP contribution in [0.2, 0.25) is 0 Å². The van der Waals surface area contributed by atoms with Crippen molar-refractivity contribution >= 4 is 11.7 Å². The maximum atomic E-state index is 11.6. The van der Waals surface area contributed by atoms with Gasteiger partial charge in [-0.05, 0) is 25.8 Å². The lowest BCUT2D eigenvalue weighted by molar-refractivity contribution is -0.142. The summed E-state index contributed by atoms with van der Waals surface area (Å²) in [6.45, 7) is 5.79. The van der Waals surface area contributed by atoms with Crippen molar-refractivity contribution < 1.29 is 19.0 Å². The summed E-state index contributed by atoms with van der Waals surface area (Å²) in [4.78, 5) is 18.4. The molecule has 0 aromatic carbocycles. The fourth-order valence-electron chi connectivity index (χ4n) is 2.69. The van der Waals surface area contributed by atoms with E-state index in [2.05, 4.69) is 9.88 Å². The number of carbonyl (C=O) groups excluding carboxylic acids is 1. The van der Waals surface area contributed by atoms with Gasteiger partial charge in [0.15, 0.2) is 0 Å². The van der Waals surface area contributed by atoms with Gasteiger partial charge in [0, 0.05) is 32.8 Å². The van der Waals surface area contributed by atoms with Crippen LogP contribution in [-0.4, -0.2) is 61.9 Å². The Kier molecular flexibility index (Phi) is 7.27. The van der Waals surface area contributed by atoms with Crippen LogP contribution in [0.4, 0.5) is 5.69 Å². The van der Waals surface area contributed by atoms with Crippen molar-refractivity contribution in [2.45, 2.75) is 32.3 Å². The number of methoxy groups -OCH3 is 1. The van der Waals surface area contributed by atoms with Gasteiger partial charge in [-0.1, -0.05) is 0 Å². The summed E-state index contributed by atoms with van der Waals surface area (Å²) in [5.41, 5.74) is 6.87. The Balaban J connectivity index is 1.88. The molecule has 134 valence electrons. The zero-order valence-corrected chi connectivity index (χ0v) is 14.5. The molecule has 1 aliphatic heterocycles. The highest BCUT2D eigenvalue weighted by Crippen LogP contribution is 2.20. The van der Waals surface area contributed by atoms with E-state index in [1.54, 1.807) is 26.2 Å². The van der Waals surface area contributed by atoms with E-state index in [-0.39, 0.29) is 18.5 Å². The lowest BCUT2D eigenvalue weighted by Gasteiger charge is -2.31. The molecule has 1 fully saturated rings. The van der Waals surface area contributed by atoms with Crippen LogP contribution >= 0.6 is 0 Å². The molecule has 7 nitrogen and oxygen atoms in total. The molecule has 0 aliphatic carbocycles. The van der Waals surface area contributed by atoms with Crippen molar-refractivity contribution in [3.8, 4) is 5.88 Å². The zero-order valence-electron chi connectivity index (χ0n) is 14.5. The van der Waals surface area contributed by atoms with Gasteiger partial charge in [-0.15, -0.1) is 0 Å². The number of ether oxygens (including phenoxy) is 3. The second kappa shape index (κ2) is 9.44. The Morgan fingerprint density at radius 3 is 2.79 bits per heavy atom. The Morgan fingerprint density at radius 2 is 2.12 bits per heavy atom. The Morgan fingerprint density at radius 1 is 1.38 bits per heavy atom. The third-order valence-corrected chi connectivity index (χ3v) is 4.03. The predicted molar refractivity (Wildman–Crippen MR) is 91.0 cm³/mol. The van der Waals surface area contributed by atoms with E-state index in [1.165, 1.54) is 0 Å². The van der Waals surface area contributed by atoms with Crippen LogP contribution in [0.25, 0.3) is 0 Å². The Bertz CT molecular complexity index is 531. The molecule has 24 heavy (non-hydrogen) atoms. The molecule has 0 bridgehead atoms. The maximum Gasteiger partial charge on any atom is 0.311 e. The number of likely N-dealkylation sites (tertiary alicyclic amines) is 1. The van der Waals surface area contributed by atoms with Gasteiger partial charge in [0.2, 0.25) is 5.88 Å². The fourth-order valence-corrected chi connectivity index (χ4v) is 2.69. The van der Waals surface area contributed by atoms with Crippen molar-refractivity contribution in [1.82, 2.24) is 9.88 Å². The minimum atomic E-state index is -0.333. The van der Waals surface area contributed by atoms with Gasteiger partial charge in [-0.25, -0.2) is 4.98 Å². The number of pyridine rings is 1. The molecule has 0 saturated carbocycles. The number of nitrogens with zero attached hydrogens (tertiary/aromatic N) is 2. The van der Waals surface area contributed by atoms with E-state index >= 15 is 0 Å². The topological polar surface area (TPSA) is 86.9 Å². The fraction of sp³-hybridized carbons (Fsp3) is 0.647. The van der Waals surface area contributed by atoms with Gasteiger partial charge in [0.05, 0.1) is 31.0 Å². The number of hydrogen-bond acceptors (Lipinski definition) is 7. The highest BCUT2D eigenvalue weighted by atomic mass is 16.5. The highest BCUT2D eigenvalue weighted by Gasteiger charge is 2.21. The van der Waals surface area contributed by atoms with Gasteiger partial charge in [0.1, 0.15) is 6.10 Å². The minimum Gasteiger partial charge on any atom is -0.474 e. The first kappa shape index (κ1) is 18.5. The average Bonchev–Trinajstić information content (AvgIpc) is 2.57. The van der Waals surface area contributed by atoms with Crippen molar-refractivity contribution in [1.29, 1.82) is 0 Å². The zero-order chi connectivity index (χ0) is 17.4. The van der Waals surface area contributed by atoms with Crippen LogP contribution in [0.15, 0.2) is 12.1 Å². The summed E-state index contributed by atoms with van der Waals surface area (Å²) in [6.07, 6.45) is 2.09. The predicted octanol–water partition coefficient (Wildman–Crippen LogP) is 1.26. The van der Waals surface area contributed by atoms with Gasteiger partial charge in [0.25, 0.3) is 0 Å². The maximum absolute atomic E-state index is 11.6. The summed E-state index contributed by atoms with van der Waals surface area (Å²) < 4.78 is 16.0. The first-order chi connectivity index (χ1) is 11.6. The van der Waals surface area contributed by atoms with Gasteiger partial charge < -0.3 is 24.8 Å². The number of nitrogens with two attached hydrogens (primary N) is 1. The molecule has 7 heteroatoms. The first-order valence-electron chi connectivity index (χ1n) is 8.41. The number of piperidine rings is 1. The lowest BCUT2D eigenvalue weighted by atomic mass is 10.1. The number of aromatic nitrogens is 1. The number of rotatable bonds is 8. The number of esters is 1. The molecular weight excluding hydrogens is 310 g/mol. The van der Waals surface area contributed by atoms with Crippen molar-refractivity contribution in [3.05, 3.63) is 17.8 Å². The molecule has 0 unspecified atom stereocenters. The summed E-state index contributed by atoms with van der Waals surface area (Å²) >= 11 is 0. The van der Waals surface area contributed by atoms with Crippen LogP contribution in [0.3, 0.4) is 0 Å². The summed E-state index contributed by atoms with van der Waals surface area (Å²) in [7, 11) is 1.72.